The van der Waals surface area contributed by atoms with Gasteiger partial charge < -0.3 is 25.0 Å². The summed E-state index contributed by atoms with van der Waals surface area (Å²) in [5, 5.41) is 5.71. The van der Waals surface area contributed by atoms with Crippen molar-refractivity contribution >= 4 is 31.0 Å². The summed E-state index contributed by atoms with van der Waals surface area (Å²) in [7, 11) is -3.40. The summed E-state index contributed by atoms with van der Waals surface area (Å²) in [4.78, 5) is 48.3. The van der Waals surface area contributed by atoms with E-state index in [-0.39, 0.29) is 37.3 Å². The van der Waals surface area contributed by atoms with Crippen LogP contribution in [0.5, 0.6) is 0 Å². The van der Waals surface area contributed by atoms with Crippen molar-refractivity contribution in [3.63, 3.8) is 0 Å². The lowest BCUT2D eigenvalue weighted by Crippen LogP contribution is -2.35. The first kappa shape index (κ1) is 32.1. The summed E-state index contributed by atoms with van der Waals surface area (Å²) in [5.74, 6) is 6.14. The number of carbonyl (C=O) groups is 3. The molecule has 0 saturated heterocycles. The van der Waals surface area contributed by atoms with Crippen molar-refractivity contribution in [3.05, 3.63) is 65.2 Å². The van der Waals surface area contributed by atoms with Gasteiger partial charge in [0.15, 0.2) is 0 Å². The average Bonchev–Trinajstić information content (AvgIpc) is 2.93. The van der Waals surface area contributed by atoms with Gasteiger partial charge in [-0.1, -0.05) is 55.0 Å². The third-order valence-corrected chi connectivity index (χ3v) is 7.28. The molecule has 1 aliphatic heterocycles. The maximum atomic E-state index is 13.2. The van der Waals surface area contributed by atoms with Gasteiger partial charge in [-0.3, -0.25) is 18.9 Å². The molecule has 1 heterocycles. The van der Waals surface area contributed by atoms with E-state index in [1.165, 1.54) is 6.66 Å². The first-order valence-corrected chi connectivity index (χ1v) is 16.2. The van der Waals surface area contributed by atoms with Crippen LogP contribution in [0.1, 0.15) is 74.5 Å². The van der Waals surface area contributed by atoms with E-state index < -0.39 is 7.60 Å². The van der Waals surface area contributed by atoms with Crippen LogP contribution >= 0.6 is 7.60 Å². The minimum Gasteiger partial charge on any atom is -0.356 e. The van der Waals surface area contributed by atoms with E-state index in [1.54, 1.807) is 4.90 Å². The zero-order valence-electron chi connectivity index (χ0n) is 23.7. The maximum Gasteiger partial charge on any atom is 0.325 e. The van der Waals surface area contributed by atoms with Crippen LogP contribution in [0.2, 0.25) is 0 Å². The molecule has 1 unspecified atom stereocenters. The molecule has 3 rings (SSSR count). The zero-order chi connectivity index (χ0) is 29.5. The number of carbonyl (C=O) groups excluding carboxylic acids is 3. The fourth-order valence-corrected chi connectivity index (χ4v) is 4.91. The number of hydrogen-bond donors (Lipinski definition) is 3. The van der Waals surface area contributed by atoms with Crippen LogP contribution in [0.3, 0.4) is 0 Å². The number of hydrogen-bond acceptors (Lipinski definition) is 5. The molecule has 0 saturated carbocycles. The molecule has 3 N–H and O–H groups in total. The van der Waals surface area contributed by atoms with Gasteiger partial charge in [-0.25, -0.2) is 0 Å². The molecule has 2 aromatic rings. The number of benzene rings is 2. The quantitative estimate of drug-likeness (QED) is 0.152. The number of fused-ring (bicyclic) bond motifs is 2. The van der Waals surface area contributed by atoms with Crippen LogP contribution in [0.15, 0.2) is 48.5 Å². The minimum atomic E-state index is -3.40. The topological polar surface area (TPSA) is 125 Å². The van der Waals surface area contributed by atoms with Gasteiger partial charge in [-0.2, -0.15) is 0 Å². The molecular formula is C31H40N3O6P. The van der Waals surface area contributed by atoms with Crippen LogP contribution in [-0.2, 0) is 30.0 Å². The molecule has 10 heteroatoms. The lowest BCUT2D eigenvalue weighted by atomic mass is 10.0. The Morgan fingerprint density at radius 1 is 0.829 bits per heavy atom. The summed E-state index contributed by atoms with van der Waals surface area (Å²) in [6.07, 6.45) is 5.34. The van der Waals surface area contributed by atoms with Gasteiger partial charge in [0.2, 0.25) is 17.7 Å². The molecular weight excluding hydrogens is 541 g/mol. The standard InChI is InChI=1S/C31H40N3O6P/c1-41(38,39)40-23-11-3-2-10-21-32-29(35)16-8-9-17-30(36)33-22-20-31(37)34-24-27-14-5-4-12-25(27)18-19-26-13-6-7-15-28(26)34/h4-7,12-15H,2-3,8-11,16-17,20-24H2,1H3,(H,32,35)(H,33,36)(H,38,39). The Hall–Kier alpha value is -3.44. The Bertz CT molecular complexity index is 1300. The largest absolute Gasteiger partial charge is 0.356 e. The van der Waals surface area contributed by atoms with E-state index in [0.29, 0.717) is 45.2 Å². The number of nitrogens with zero attached hydrogens (tertiary/aromatic N) is 1. The van der Waals surface area contributed by atoms with Crippen molar-refractivity contribution in [2.24, 2.45) is 0 Å². The smallest absolute Gasteiger partial charge is 0.325 e. The molecule has 1 atom stereocenters. The van der Waals surface area contributed by atoms with E-state index in [1.807, 2.05) is 48.5 Å². The molecule has 220 valence electrons. The second-order valence-electron chi connectivity index (χ2n) is 10.1. The van der Waals surface area contributed by atoms with E-state index >= 15 is 0 Å². The van der Waals surface area contributed by atoms with Gasteiger partial charge in [0.05, 0.1) is 18.8 Å². The highest BCUT2D eigenvalue weighted by molar-refractivity contribution is 7.51. The lowest BCUT2D eigenvalue weighted by molar-refractivity contribution is -0.123. The molecule has 0 bridgehead atoms. The summed E-state index contributed by atoms with van der Waals surface area (Å²) in [6, 6.07) is 15.4. The number of para-hydroxylation sites is 1. The van der Waals surface area contributed by atoms with Crippen LogP contribution in [0.25, 0.3) is 0 Å². The fourth-order valence-electron chi connectivity index (χ4n) is 4.44. The van der Waals surface area contributed by atoms with Gasteiger partial charge in [0, 0.05) is 50.1 Å². The predicted octanol–water partition coefficient (Wildman–Crippen LogP) is 4.51. The highest BCUT2D eigenvalue weighted by Gasteiger charge is 2.21. The molecule has 0 aliphatic carbocycles. The lowest BCUT2D eigenvalue weighted by Gasteiger charge is -2.26. The number of anilines is 1. The molecule has 41 heavy (non-hydrogen) atoms. The van der Waals surface area contributed by atoms with Crippen LogP contribution in [0, 0.1) is 11.8 Å². The Kier molecular flexibility index (Phi) is 13.1. The number of rotatable bonds is 16. The van der Waals surface area contributed by atoms with E-state index in [2.05, 4.69) is 22.5 Å². The van der Waals surface area contributed by atoms with Gasteiger partial charge in [0.25, 0.3) is 0 Å². The molecule has 1 aliphatic rings. The SMILES string of the molecule is CP(=O)(O)OCCCCCCNC(=O)CCCCC(=O)NCCC(=O)N1Cc2ccccc2C#Cc2ccccc21. The van der Waals surface area contributed by atoms with Crippen LogP contribution < -0.4 is 15.5 Å². The molecule has 0 aromatic heterocycles. The van der Waals surface area contributed by atoms with Gasteiger partial charge in [0.1, 0.15) is 0 Å². The monoisotopic (exact) mass is 581 g/mol. The van der Waals surface area contributed by atoms with E-state index in [0.717, 1.165) is 41.6 Å². The third kappa shape index (κ3) is 11.9. The summed E-state index contributed by atoms with van der Waals surface area (Å²) in [5.41, 5.74) is 3.45. The Labute approximate surface area is 242 Å². The summed E-state index contributed by atoms with van der Waals surface area (Å²) in [6.45, 7) is 2.68. The van der Waals surface area contributed by atoms with Crippen LogP contribution in [-0.4, -0.2) is 49.0 Å². The Morgan fingerprint density at radius 2 is 1.44 bits per heavy atom. The predicted molar refractivity (Wildman–Crippen MR) is 159 cm³/mol. The molecule has 3 amide bonds. The second kappa shape index (κ2) is 16.7. The number of nitrogens with one attached hydrogen (secondary N) is 2. The van der Waals surface area contributed by atoms with Crippen LogP contribution in [0.4, 0.5) is 5.69 Å². The highest BCUT2D eigenvalue weighted by atomic mass is 31.2. The second-order valence-corrected chi connectivity index (χ2v) is 12.0. The first-order chi connectivity index (χ1) is 19.7. The van der Waals surface area contributed by atoms with Crippen molar-refractivity contribution in [3.8, 4) is 11.8 Å². The van der Waals surface area contributed by atoms with Gasteiger partial charge >= 0.3 is 7.60 Å². The van der Waals surface area contributed by atoms with Crippen molar-refractivity contribution in [2.75, 3.05) is 31.3 Å². The summed E-state index contributed by atoms with van der Waals surface area (Å²) >= 11 is 0. The average molecular weight is 582 g/mol. The molecule has 2 aromatic carbocycles. The Morgan fingerprint density at radius 3 is 2.17 bits per heavy atom. The fraction of sp³-hybridized carbons (Fsp3) is 0.452. The van der Waals surface area contributed by atoms with E-state index in [4.69, 9.17) is 9.42 Å². The van der Waals surface area contributed by atoms with Crippen molar-refractivity contribution in [1.82, 2.24) is 10.6 Å². The first-order valence-electron chi connectivity index (χ1n) is 14.2. The third-order valence-electron chi connectivity index (χ3n) is 6.62. The Balaban J connectivity index is 1.29. The number of unbranched alkanes of at least 4 members (excludes halogenated alkanes) is 4. The highest BCUT2D eigenvalue weighted by Crippen LogP contribution is 2.36. The molecule has 9 nitrogen and oxygen atoms in total. The summed E-state index contributed by atoms with van der Waals surface area (Å²) < 4.78 is 15.9. The van der Waals surface area contributed by atoms with Crippen molar-refractivity contribution in [2.45, 2.75) is 64.3 Å². The molecule has 0 radical (unpaired) electrons. The molecule has 0 fully saturated rings. The van der Waals surface area contributed by atoms with Gasteiger partial charge in [-0.05, 0) is 49.4 Å². The maximum absolute atomic E-state index is 13.2. The zero-order valence-corrected chi connectivity index (χ0v) is 24.6. The van der Waals surface area contributed by atoms with Crippen molar-refractivity contribution in [1.29, 1.82) is 0 Å². The van der Waals surface area contributed by atoms with Gasteiger partial charge in [-0.15, -0.1) is 0 Å². The van der Waals surface area contributed by atoms with Crippen molar-refractivity contribution < 1.29 is 28.4 Å². The number of amides is 3. The minimum absolute atomic E-state index is 0.0358. The van der Waals surface area contributed by atoms with E-state index in [9.17, 15) is 18.9 Å². The molecule has 0 spiro atoms. The normalized spacial score (nSPS) is 13.4.